The number of hydrogen-bond acceptors (Lipinski definition) is 6. The Balaban J connectivity index is 0.000000616. The Hall–Kier alpha value is -3.98. The third kappa shape index (κ3) is 8.28. The number of likely N-dealkylation sites (N-methyl/N-ethyl adjacent to an activating group) is 1. The van der Waals surface area contributed by atoms with Crippen LogP contribution >= 0.6 is 0 Å². The molecule has 1 atom stereocenters. The van der Waals surface area contributed by atoms with E-state index >= 15 is 0 Å². The number of carboxylic acid groups (broad SMARTS) is 1. The number of carbonyl (C=O) groups excluding carboxylic acids is 2. The van der Waals surface area contributed by atoms with Crippen molar-refractivity contribution in [3.8, 4) is 22.4 Å². The summed E-state index contributed by atoms with van der Waals surface area (Å²) >= 11 is 0. The second-order valence-corrected chi connectivity index (χ2v) is 8.46. The number of nitrogens with zero attached hydrogens (tertiary/aromatic N) is 2. The SMILES string of the molecule is CCC.CNCC(=O)N1CCCC1c1ncc(-c2ccc(-c3ccc(C(=O)O)cc3)cc2)[nH]1.COC=O. The molecule has 198 valence electrons. The number of ether oxygens (including phenoxy) is 1. The van der Waals surface area contributed by atoms with Crippen molar-refractivity contribution >= 4 is 18.3 Å². The van der Waals surface area contributed by atoms with Crippen LogP contribution in [0.3, 0.4) is 0 Å². The van der Waals surface area contributed by atoms with Gasteiger partial charge in [0, 0.05) is 6.54 Å². The molecular formula is C28H36N4O5. The molecule has 1 fully saturated rings. The van der Waals surface area contributed by atoms with Gasteiger partial charge in [-0.3, -0.25) is 9.59 Å². The van der Waals surface area contributed by atoms with Crippen molar-refractivity contribution in [1.82, 2.24) is 20.2 Å². The highest BCUT2D eigenvalue weighted by molar-refractivity contribution is 5.88. The smallest absolute Gasteiger partial charge is 0.335 e. The average molecular weight is 509 g/mol. The Bertz CT molecular complexity index is 1130. The number of aromatic amines is 1. The molecule has 0 radical (unpaired) electrons. The van der Waals surface area contributed by atoms with Crippen LogP contribution in [-0.2, 0) is 14.3 Å². The normalized spacial score (nSPS) is 14.1. The summed E-state index contributed by atoms with van der Waals surface area (Å²) in [6.45, 7) is 5.72. The Labute approximate surface area is 217 Å². The van der Waals surface area contributed by atoms with E-state index in [2.05, 4.69) is 33.9 Å². The minimum absolute atomic E-state index is 0.00776. The van der Waals surface area contributed by atoms with Gasteiger partial charge < -0.3 is 25.0 Å². The summed E-state index contributed by atoms with van der Waals surface area (Å²) in [6.07, 6.45) is 4.95. The highest BCUT2D eigenvalue weighted by atomic mass is 16.5. The minimum Gasteiger partial charge on any atom is -0.478 e. The molecular weight excluding hydrogens is 472 g/mol. The van der Waals surface area contributed by atoms with Crippen molar-refractivity contribution in [3.05, 3.63) is 66.1 Å². The number of aromatic nitrogens is 2. The number of nitrogens with one attached hydrogen (secondary N) is 2. The third-order valence-electron chi connectivity index (χ3n) is 5.57. The van der Waals surface area contributed by atoms with E-state index in [0.29, 0.717) is 13.0 Å². The van der Waals surface area contributed by atoms with Crippen molar-refractivity contribution in [2.45, 2.75) is 39.2 Å². The third-order valence-corrected chi connectivity index (χ3v) is 5.57. The van der Waals surface area contributed by atoms with Gasteiger partial charge in [-0.15, -0.1) is 0 Å². The van der Waals surface area contributed by atoms with Crippen LogP contribution in [0.5, 0.6) is 0 Å². The lowest BCUT2D eigenvalue weighted by atomic mass is 10.0. The van der Waals surface area contributed by atoms with Crippen LogP contribution in [0.4, 0.5) is 0 Å². The monoisotopic (exact) mass is 508 g/mol. The van der Waals surface area contributed by atoms with E-state index in [1.54, 1.807) is 19.2 Å². The van der Waals surface area contributed by atoms with Crippen LogP contribution in [0.1, 0.15) is 55.3 Å². The lowest BCUT2D eigenvalue weighted by Crippen LogP contribution is -2.37. The van der Waals surface area contributed by atoms with Gasteiger partial charge in [0.05, 0.1) is 37.2 Å². The molecule has 1 aliphatic rings. The lowest BCUT2D eigenvalue weighted by Gasteiger charge is -2.23. The number of aromatic carboxylic acids is 1. The first kappa shape index (κ1) is 29.3. The zero-order valence-electron chi connectivity index (χ0n) is 21.9. The maximum atomic E-state index is 12.3. The molecule has 0 spiro atoms. The zero-order valence-corrected chi connectivity index (χ0v) is 21.9. The molecule has 37 heavy (non-hydrogen) atoms. The number of benzene rings is 2. The molecule has 1 aromatic heterocycles. The van der Waals surface area contributed by atoms with Gasteiger partial charge in [-0.25, -0.2) is 9.78 Å². The molecule has 3 N–H and O–H groups in total. The minimum atomic E-state index is -0.930. The van der Waals surface area contributed by atoms with Crippen LogP contribution in [0.25, 0.3) is 22.4 Å². The summed E-state index contributed by atoms with van der Waals surface area (Å²) in [5, 5.41) is 12.0. The standard InChI is InChI=1S/C23H24N4O3.C3H8.C2H4O2/c1-24-14-21(28)27-12-2-3-20(27)22-25-13-19(26-22)17-8-4-15(5-9-17)16-6-10-18(11-7-16)23(29)30;1-3-2;1-4-2-3/h4-11,13,20,24H,2-3,12,14H2,1H3,(H,25,26)(H,29,30);3H2,1-2H3;2H,1H3. The number of rotatable bonds is 7. The van der Waals surface area contributed by atoms with Gasteiger partial charge in [-0.2, -0.15) is 0 Å². The fourth-order valence-corrected chi connectivity index (χ4v) is 3.90. The fourth-order valence-electron chi connectivity index (χ4n) is 3.90. The van der Waals surface area contributed by atoms with Crippen molar-refractivity contribution in [3.63, 3.8) is 0 Å². The molecule has 1 unspecified atom stereocenters. The molecule has 3 aromatic rings. The predicted molar refractivity (Wildman–Crippen MR) is 143 cm³/mol. The molecule has 2 heterocycles. The first-order valence-electron chi connectivity index (χ1n) is 12.3. The highest BCUT2D eigenvalue weighted by Crippen LogP contribution is 2.32. The van der Waals surface area contributed by atoms with Crippen LogP contribution in [-0.4, -0.2) is 65.6 Å². The largest absolute Gasteiger partial charge is 0.478 e. The molecule has 9 nitrogen and oxygen atoms in total. The fraction of sp³-hybridized carbons (Fsp3) is 0.357. The molecule has 0 bridgehead atoms. The van der Waals surface area contributed by atoms with E-state index in [1.165, 1.54) is 13.5 Å². The highest BCUT2D eigenvalue weighted by Gasteiger charge is 2.31. The molecule has 4 rings (SSSR count). The van der Waals surface area contributed by atoms with Crippen molar-refractivity contribution < 1.29 is 24.2 Å². The molecule has 0 aliphatic carbocycles. The summed E-state index contributed by atoms with van der Waals surface area (Å²) in [5.41, 5.74) is 4.16. The van der Waals surface area contributed by atoms with E-state index in [1.807, 2.05) is 47.5 Å². The number of imidazole rings is 1. The molecule has 1 saturated heterocycles. The molecule has 9 heteroatoms. The Morgan fingerprint density at radius 1 is 1.11 bits per heavy atom. The summed E-state index contributed by atoms with van der Waals surface area (Å²) in [4.78, 5) is 42.1. The lowest BCUT2D eigenvalue weighted by molar-refractivity contribution is -0.131. The van der Waals surface area contributed by atoms with Gasteiger partial charge in [-0.1, -0.05) is 56.7 Å². The number of H-pyrrole nitrogens is 1. The van der Waals surface area contributed by atoms with Gasteiger partial charge in [0.25, 0.3) is 6.47 Å². The summed E-state index contributed by atoms with van der Waals surface area (Å²) in [5.74, 6) is -0.0167. The van der Waals surface area contributed by atoms with Crippen LogP contribution in [0.2, 0.25) is 0 Å². The maximum absolute atomic E-state index is 12.3. The van der Waals surface area contributed by atoms with Crippen molar-refractivity contribution in [2.24, 2.45) is 0 Å². The second-order valence-electron chi connectivity index (χ2n) is 8.46. The molecule has 0 saturated carbocycles. The van der Waals surface area contributed by atoms with Gasteiger partial charge in [-0.05, 0) is 48.7 Å². The first-order valence-corrected chi connectivity index (χ1v) is 12.3. The molecule has 1 aliphatic heterocycles. The summed E-state index contributed by atoms with van der Waals surface area (Å²) < 4.78 is 3.86. The van der Waals surface area contributed by atoms with Crippen molar-refractivity contribution in [2.75, 3.05) is 27.2 Å². The Morgan fingerprint density at radius 3 is 2.16 bits per heavy atom. The number of hydrogen-bond donors (Lipinski definition) is 3. The first-order chi connectivity index (χ1) is 17.9. The van der Waals surface area contributed by atoms with E-state index < -0.39 is 5.97 Å². The molecule has 2 aromatic carbocycles. The van der Waals surface area contributed by atoms with Crippen LogP contribution in [0, 0.1) is 0 Å². The van der Waals surface area contributed by atoms with Gasteiger partial charge >= 0.3 is 5.97 Å². The quantitative estimate of drug-likeness (QED) is 0.401. The number of methoxy groups -OCH3 is 1. The summed E-state index contributed by atoms with van der Waals surface area (Å²) in [7, 11) is 3.09. The van der Waals surface area contributed by atoms with Gasteiger partial charge in [0.2, 0.25) is 5.91 Å². The predicted octanol–water partition coefficient (Wildman–Crippen LogP) is 4.53. The zero-order chi connectivity index (χ0) is 27.2. The van der Waals surface area contributed by atoms with Crippen LogP contribution in [0.15, 0.2) is 54.7 Å². The number of amides is 1. The number of carbonyl (C=O) groups is 3. The van der Waals surface area contributed by atoms with Gasteiger partial charge in [0.15, 0.2) is 0 Å². The number of likely N-dealkylation sites (tertiary alicyclic amines) is 1. The summed E-state index contributed by atoms with van der Waals surface area (Å²) in [6, 6.07) is 14.9. The van der Waals surface area contributed by atoms with E-state index in [9.17, 15) is 9.59 Å². The van der Waals surface area contributed by atoms with Crippen molar-refractivity contribution in [1.29, 1.82) is 0 Å². The second kappa shape index (κ2) is 15.2. The van der Waals surface area contributed by atoms with Gasteiger partial charge in [0.1, 0.15) is 5.82 Å². The maximum Gasteiger partial charge on any atom is 0.335 e. The van der Waals surface area contributed by atoms with Crippen LogP contribution < -0.4 is 5.32 Å². The number of carboxylic acids is 1. The Kier molecular flexibility index (Phi) is 12.0. The Morgan fingerprint density at radius 2 is 1.65 bits per heavy atom. The average Bonchev–Trinajstić information content (AvgIpc) is 3.60. The molecule has 1 amide bonds. The van der Waals surface area contributed by atoms with E-state index in [-0.39, 0.29) is 17.5 Å². The van der Waals surface area contributed by atoms with E-state index in [4.69, 9.17) is 9.90 Å². The van der Waals surface area contributed by atoms with E-state index in [0.717, 1.165) is 47.6 Å². The topological polar surface area (TPSA) is 125 Å².